The first-order valence-corrected chi connectivity index (χ1v) is 10.2. The molecular formula is C20H25NO5S. The second-order valence-corrected chi connectivity index (χ2v) is 8.92. The van der Waals surface area contributed by atoms with E-state index in [1.165, 1.54) is 12.1 Å². The van der Waals surface area contributed by atoms with Crippen molar-refractivity contribution in [2.75, 3.05) is 4.72 Å². The van der Waals surface area contributed by atoms with Gasteiger partial charge in [-0.3, -0.25) is 4.72 Å². The number of aryl methyl sites for hydroxylation is 1. The van der Waals surface area contributed by atoms with Gasteiger partial charge < -0.3 is 9.84 Å². The van der Waals surface area contributed by atoms with Crippen molar-refractivity contribution >= 4 is 21.7 Å². The molecule has 1 atom stereocenters. The number of hydrogen-bond donors (Lipinski definition) is 2. The van der Waals surface area contributed by atoms with Crippen LogP contribution in [0, 0.1) is 12.8 Å². The molecule has 2 aromatic rings. The third-order valence-electron chi connectivity index (χ3n) is 4.41. The lowest BCUT2D eigenvalue weighted by molar-refractivity contribution is 0.0697. The highest BCUT2D eigenvalue weighted by molar-refractivity contribution is 7.93. The number of carboxylic acids is 1. The Morgan fingerprint density at radius 3 is 2.30 bits per heavy atom. The summed E-state index contributed by atoms with van der Waals surface area (Å²) in [4.78, 5) is 10.9. The van der Waals surface area contributed by atoms with Gasteiger partial charge in [0.15, 0.2) is 0 Å². The van der Waals surface area contributed by atoms with E-state index in [2.05, 4.69) is 4.72 Å². The molecule has 0 saturated heterocycles. The summed E-state index contributed by atoms with van der Waals surface area (Å²) in [6.07, 6.45) is 0. The molecule has 0 spiro atoms. The molecule has 0 bridgehead atoms. The number of hydrogen-bond acceptors (Lipinski definition) is 4. The van der Waals surface area contributed by atoms with E-state index in [-0.39, 0.29) is 18.1 Å². The number of nitrogens with one attached hydrogen (secondary N) is 1. The summed E-state index contributed by atoms with van der Waals surface area (Å²) in [5, 5.41) is 8.40. The number of ether oxygens (including phenoxy) is 1. The Morgan fingerprint density at radius 1 is 1.11 bits per heavy atom. The maximum atomic E-state index is 12.5. The molecule has 0 aliphatic rings. The summed E-state index contributed by atoms with van der Waals surface area (Å²) in [6.45, 7) is 7.47. The van der Waals surface area contributed by atoms with Crippen LogP contribution in [0.15, 0.2) is 42.5 Å². The molecule has 27 heavy (non-hydrogen) atoms. The van der Waals surface area contributed by atoms with Crippen LogP contribution >= 0.6 is 0 Å². The Balaban J connectivity index is 2.19. The standard InChI is InChI=1S/C20H25NO5S/c1-13(2)15(4)27(24,25)21-18-10-5-14(3)11-19(18)26-12-16-6-8-17(9-7-16)20(22)23/h5-11,13,15,21H,12H2,1-4H3,(H,22,23). The average Bonchev–Trinajstić information content (AvgIpc) is 2.61. The molecule has 0 saturated carbocycles. The van der Waals surface area contributed by atoms with Crippen LogP contribution < -0.4 is 9.46 Å². The van der Waals surface area contributed by atoms with Gasteiger partial charge in [0, 0.05) is 0 Å². The van der Waals surface area contributed by atoms with Crippen LogP contribution in [0.3, 0.4) is 0 Å². The smallest absolute Gasteiger partial charge is 0.335 e. The molecule has 0 aliphatic heterocycles. The van der Waals surface area contributed by atoms with E-state index in [9.17, 15) is 13.2 Å². The molecule has 2 N–H and O–H groups in total. The molecule has 7 heteroatoms. The SMILES string of the molecule is Cc1ccc(NS(=O)(=O)C(C)C(C)C)c(OCc2ccc(C(=O)O)cc2)c1. The molecule has 0 radical (unpaired) electrons. The fraction of sp³-hybridized carbons (Fsp3) is 0.350. The Bertz CT molecular complexity index is 904. The summed E-state index contributed by atoms with van der Waals surface area (Å²) >= 11 is 0. The first-order valence-electron chi connectivity index (χ1n) is 8.67. The summed E-state index contributed by atoms with van der Waals surface area (Å²) in [7, 11) is -3.54. The maximum Gasteiger partial charge on any atom is 0.335 e. The molecule has 146 valence electrons. The second kappa shape index (κ2) is 8.43. The zero-order valence-electron chi connectivity index (χ0n) is 15.9. The number of anilines is 1. The second-order valence-electron chi connectivity index (χ2n) is 6.89. The third-order valence-corrected chi connectivity index (χ3v) is 6.44. The largest absolute Gasteiger partial charge is 0.487 e. The van der Waals surface area contributed by atoms with E-state index in [0.29, 0.717) is 11.4 Å². The van der Waals surface area contributed by atoms with Crippen LogP contribution in [-0.4, -0.2) is 24.7 Å². The van der Waals surface area contributed by atoms with Crippen molar-refractivity contribution in [2.24, 2.45) is 5.92 Å². The van der Waals surface area contributed by atoms with Gasteiger partial charge in [0.1, 0.15) is 12.4 Å². The minimum Gasteiger partial charge on any atom is -0.487 e. The van der Waals surface area contributed by atoms with Crippen molar-refractivity contribution < 1.29 is 23.1 Å². The van der Waals surface area contributed by atoms with Crippen molar-refractivity contribution in [3.63, 3.8) is 0 Å². The molecule has 0 heterocycles. The topological polar surface area (TPSA) is 92.7 Å². The number of carbonyl (C=O) groups is 1. The van der Waals surface area contributed by atoms with E-state index in [1.54, 1.807) is 31.2 Å². The Kier molecular flexibility index (Phi) is 6.49. The molecule has 2 rings (SSSR count). The van der Waals surface area contributed by atoms with Gasteiger partial charge in [-0.05, 0) is 55.2 Å². The average molecular weight is 391 g/mol. The lowest BCUT2D eigenvalue weighted by Gasteiger charge is -2.20. The fourth-order valence-corrected chi connectivity index (χ4v) is 3.72. The van der Waals surface area contributed by atoms with Crippen molar-refractivity contribution in [3.8, 4) is 5.75 Å². The lowest BCUT2D eigenvalue weighted by Crippen LogP contribution is -2.29. The van der Waals surface area contributed by atoms with E-state index in [1.807, 2.05) is 26.8 Å². The van der Waals surface area contributed by atoms with Crippen LogP contribution in [0.1, 0.15) is 42.3 Å². The fourth-order valence-electron chi connectivity index (χ4n) is 2.34. The maximum absolute atomic E-state index is 12.5. The van der Waals surface area contributed by atoms with Crippen LogP contribution in [0.25, 0.3) is 0 Å². The van der Waals surface area contributed by atoms with Gasteiger partial charge in [0.05, 0.1) is 16.5 Å². The third kappa shape index (κ3) is 5.47. The minimum atomic E-state index is -3.54. The highest BCUT2D eigenvalue weighted by Crippen LogP contribution is 2.29. The van der Waals surface area contributed by atoms with Crippen molar-refractivity contribution in [2.45, 2.75) is 39.6 Å². The van der Waals surface area contributed by atoms with E-state index >= 15 is 0 Å². The molecule has 0 amide bonds. The normalized spacial score (nSPS) is 12.6. The van der Waals surface area contributed by atoms with Gasteiger partial charge in [-0.25, -0.2) is 13.2 Å². The van der Waals surface area contributed by atoms with Crippen LogP contribution in [0.4, 0.5) is 5.69 Å². The van der Waals surface area contributed by atoms with Crippen molar-refractivity contribution in [1.82, 2.24) is 0 Å². The first kappa shape index (κ1) is 20.8. The molecule has 0 fully saturated rings. The summed E-state index contributed by atoms with van der Waals surface area (Å²) in [6, 6.07) is 11.6. The minimum absolute atomic E-state index is 0.0231. The highest BCUT2D eigenvalue weighted by Gasteiger charge is 2.25. The van der Waals surface area contributed by atoms with Gasteiger partial charge in [-0.1, -0.05) is 32.0 Å². The zero-order valence-corrected chi connectivity index (χ0v) is 16.7. The van der Waals surface area contributed by atoms with Crippen LogP contribution in [-0.2, 0) is 16.6 Å². The summed E-state index contributed by atoms with van der Waals surface area (Å²) < 4.78 is 33.5. The molecule has 0 aliphatic carbocycles. The monoisotopic (exact) mass is 391 g/mol. The van der Waals surface area contributed by atoms with Gasteiger partial charge in [0.25, 0.3) is 0 Å². The number of benzene rings is 2. The Morgan fingerprint density at radius 2 is 1.74 bits per heavy atom. The Hall–Kier alpha value is -2.54. The molecular weight excluding hydrogens is 366 g/mol. The Labute approximate surface area is 160 Å². The van der Waals surface area contributed by atoms with E-state index in [4.69, 9.17) is 9.84 Å². The van der Waals surface area contributed by atoms with Crippen molar-refractivity contribution in [3.05, 3.63) is 59.2 Å². The number of aromatic carboxylic acids is 1. The van der Waals surface area contributed by atoms with Gasteiger partial charge in [-0.2, -0.15) is 0 Å². The van der Waals surface area contributed by atoms with Gasteiger partial charge in [0.2, 0.25) is 10.0 Å². The lowest BCUT2D eigenvalue weighted by atomic mass is 10.1. The molecule has 0 aromatic heterocycles. The highest BCUT2D eigenvalue weighted by atomic mass is 32.2. The summed E-state index contributed by atoms with van der Waals surface area (Å²) in [5.41, 5.74) is 2.30. The summed E-state index contributed by atoms with van der Waals surface area (Å²) in [5.74, 6) is -0.584. The van der Waals surface area contributed by atoms with Gasteiger partial charge in [-0.15, -0.1) is 0 Å². The number of rotatable bonds is 8. The zero-order chi connectivity index (χ0) is 20.2. The first-order chi connectivity index (χ1) is 12.6. The number of carboxylic acid groups (broad SMARTS) is 1. The predicted octanol–water partition coefficient (Wildman–Crippen LogP) is 4.06. The molecule has 6 nitrogen and oxygen atoms in total. The van der Waals surface area contributed by atoms with Crippen molar-refractivity contribution in [1.29, 1.82) is 0 Å². The van der Waals surface area contributed by atoms with Crippen LogP contribution in [0.2, 0.25) is 0 Å². The van der Waals surface area contributed by atoms with Crippen LogP contribution in [0.5, 0.6) is 5.75 Å². The quantitative estimate of drug-likeness (QED) is 0.708. The molecule has 1 unspecified atom stereocenters. The molecule has 2 aromatic carbocycles. The van der Waals surface area contributed by atoms with E-state index < -0.39 is 21.2 Å². The van der Waals surface area contributed by atoms with Gasteiger partial charge >= 0.3 is 5.97 Å². The predicted molar refractivity (Wildman–Crippen MR) is 106 cm³/mol. The van der Waals surface area contributed by atoms with E-state index in [0.717, 1.165) is 11.1 Å². The number of sulfonamides is 1.